The fourth-order valence-corrected chi connectivity index (χ4v) is 1.62. The Hall–Kier alpha value is -1.86. The van der Waals surface area contributed by atoms with Gasteiger partial charge in [-0.3, -0.25) is 14.9 Å². The van der Waals surface area contributed by atoms with Crippen LogP contribution in [0.5, 0.6) is 0 Å². The molecule has 104 valence electrons. The van der Waals surface area contributed by atoms with Crippen LogP contribution in [-0.4, -0.2) is 31.1 Å². The largest absolute Gasteiger partial charge is 0.392 e. The molecule has 0 fully saturated rings. The smallest absolute Gasteiger partial charge is 0.294 e. The molecule has 0 radical (unpaired) electrons. The quantitative estimate of drug-likeness (QED) is 0.357. The average molecular weight is 288 g/mol. The number of nitrogens with two attached hydrogens (primary N) is 1. The van der Waals surface area contributed by atoms with Gasteiger partial charge < -0.3 is 15.8 Å². The van der Waals surface area contributed by atoms with E-state index in [4.69, 9.17) is 22.1 Å². The third-order valence-electron chi connectivity index (χ3n) is 2.38. The first kappa shape index (κ1) is 15.2. The molecule has 7 nitrogen and oxygen atoms in total. The van der Waals surface area contributed by atoms with Crippen molar-refractivity contribution in [2.45, 2.75) is 6.42 Å². The van der Waals surface area contributed by atoms with Gasteiger partial charge in [-0.2, -0.15) is 0 Å². The number of anilines is 1. The first-order valence-corrected chi connectivity index (χ1v) is 5.85. The normalized spacial score (nSPS) is 10.2. The van der Waals surface area contributed by atoms with Gasteiger partial charge in [0.25, 0.3) is 11.6 Å². The molecule has 0 aliphatic heterocycles. The summed E-state index contributed by atoms with van der Waals surface area (Å²) in [6, 6.07) is 2.41. The van der Waals surface area contributed by atoms with Crippen LogP contribution in [-0.2, 0) is 4.74 Å². The molecule has 1 aromatic rings. The van der Waals surface area contributed by atoms with Gasteiger partial charge in [-0.15, -0.1) is 0 Å². The number of nitrogens with zero attached hydrogens (tertiary/aromatic N) is 1. The predicted octanol–water partition coefficient (Wildman–Crippen LogP) is 1.60. The number of nitrogen functional groups attached to an aromatic ring is 1. The van der Waals surface area contributed by atoms with Gasteiger partial charge in [0.15, 0.2) is 0 Å². The Balaban J connectivity index is 2.83. The fraction of sp³-hybridized carbons (Fsp3) is 0.364. The van der Waals surface area contributed by atoms with Crippen molar-refractivity contribution in [3.63, 3.8) is 0 Å². The van der Waals surface area contributed by atoms with Crippen molar-refractivity contribution < 1.29 is 14.5 Å². The molecule has 0 aliphatic carbocycles. The number of nitro benzene ring substituents is 1. The van der Waals surface area contributed by atoms with Crippen LogP contribution < -0.4 is 11.1 Å². The van der Waals surface area contributed by atoms with Gasteiger partial charge in [-0.05, 0) is 12.5 Å². The molecule has 0 saturated heterocycles. The van der Waals surface area contributed by atoms with Gasteiger partial charge in [0.1, 0.15) is 5.69 Å². The number of ether oxygens (including phenoxy) is 1. The number of methoxy groups -OCH3 is 1. The van der Waals surface area contributed by atoms with E-state index < -0.39 is 10.8 Å². The third-order valence-corrected chi connectivity index (χ3v) is 2.69. The van der Waals surface area contributed by atoms with Crippen molar-refractivity contribution in [1.29, 1.82) is 0 Å². The maximum absolute atomic E-state index is 11.8. The molecule has 0 spiro atoms. The SMILES string of the molecule is COCCCNC(=O)c1cc(Cl)c(N)c([N+](=O)[O-])c1. The van der Waals surface area contributed by atoms with Gasteiger partial charge in [-0.25, -0.2) is 0 Å². The van der Waals surface area contributed by atoms with Crippen LogP contribution in [0.1, 0.15) is 16.8 Å². The van der Waals surface area contributed by atoms with Crippen LogP contribution in [0, 0.1) is 10.1 Å². The number of rotatable bonds is 6. The summed E-state index contributed by atoms with van der Waals surface area (Å²) in [5.41, 5.74) is 5.04. The second-order valence-electron chi connectivity index (χ2n) is 3.75. The number of hydrogen-bond donors (Lipinski definition) is 2. The molecule has 0 bridgehead atoms. The molecule has 1 rings (SSSR count). The summed E-state index contributed by atoms with van der Waals surface area (Å²) in [5.74, 6) is -0.443. The van der Waals surface area contributed by atoms with Crippen LogP contribution in [0.4, 0.5) is 11.4 Å². The summed E-state index contributed by atoms with van der Waals surface area (Å²) in [6.07, 6.45) is 0.646. The Labute approximate surface area is 114 Å². The monoisotopic (exact) mass is 287 g/mol. The molecule has 19 heavy (non-hydrogen) atoms. The summed E-state index contributed by atoms with van der Waals surface area (Å²) in [7, 11) is 1.56. The minimum absolute atomic E-state index is 0.0174. The molecule has 3 N–H and O–H groups in total. The Morgan fingerprint density at radius 2 is 2.26 bits per heavy atom. The lowest BCUT2D eigenvalue weighted by Crippen LogP contribution is -2.25. The molecule has 1 amide bonds. The van der Waals surface area contributed by atoms with E-state index in [9.17, 15) is 14.9 Å². The second kappa shape index (κ2) is 6.91. The lowest BCUT2D eigenvalue weighted by Gasteiger charge is -2.07. The zero-order valence-corrected chi connectivity index (χ0v) is 11.1. The number of carbonyl (C=O) groups excluding carboxylic acids is 1. The number of benzene rings is 1. The lowest BCUT2D eigenvalue weighted by molar-refractivity contribution is -0.383. The Kier molecular flexibility index (Phi) is 5.53. The highest BCUT2D eigenvalue weighted by Crippen LogP contribution is 2.30. The van der Waals surface area contributed by atoms with E-state index in [-0.39, 0.29) is 22.0 Å². The zero-order chi connectivity index (χ0) is 14.4. The number of nitrogens with one attached hydrogen (secondary N) is 1. The molecule has 0 atom stereocenters. The first-order chi connectivity index (χ1) is 8.97. The van der Waals surface area contributed by atoms with Crippen LogP contribution >= 0.6 is 11.6 Å². The Morgan fingerprint density at radius 3 is 2.84 bits per heavy atom. The van der Waals surface area contributed by atoms with Crippen molar-refractivity contribution in [2.24, 2.45) is 0 Å². The van der Waals surface area contributed by atoms with Gasteiger partial charge >= 0.3 is 0 Å². The molecule has 1 aromatic carbocycles. The van der Waals surface area contributed by atoms with E-state index in [1.54, 1.807) is 7.11 Å². The second-order valence-corrected chi connectivity index (χ2v) is 4.16. The van der Waals surface area contributed by atoms with Crippen LogP contribution in [0.25, 0.3) is 0 Å². The third kappa shape index (κ3) is 4.08. The van der Waals surface area contributed by atoms with Gasteiger partial charge in [0.2, 0.25) is 0 Å². The topological polar surface area (TPSA) is 107 Å². The van der Waals surface area contributed by atoms with E-state index in [0.717, 1.165) is 6.07 Å². The Morgan fingerprint density at radius 1 is 1.58 bits per heavy atom. The van der Waals surface area contributed by atoms with Gasteiger partial charge in [0, 0.05) is 31.9 Å². The number of carbonyl (C=O) groups is 1. The zero-order valence-electron chi connectivity index (χ0n) is 10.3. The van der Waals surface area contributed by atoms with Crippen molar-refractivity contribution >= 4 is 28.9 Å². The maximum atomic E-state index is 11.8. The van der Waals surface area contributed by atoms with E-state index in [2.05, 4.69) is 5.32 Å². The highest BCUT2D eigenvalue weighted by molar-refractivity contribution is 6.34. The molecule has 0 aromatic heterocycles. The summed E-state index contributed by atoms with van der Waals surface area (Å²) in [5, 5.41) is 13.4. The number of halogens is 1. The van der Waals surface area contributed by atoms with E-state index in [0.29, 0.717) is 19.6 Å². The minimum atomic E-state index is -0.678. The summed E-state index contributed by atoms with van der Waals surface area (Å²) < 4.78 is 4.84. The van der Waals surface area contributed by atoms with Gasteiger partial charge in [0.05, 0.1) is 9.95 Å². The highest BCUT2D eigenvalue weighted by Gasteiger charge is 2.19. The molecule has 0 heterocycles. The Bertz CT molecular complexity index is 493. The van der Waals surface area contributed by atoms with Crippen LogP contribution in [0.3, 0.4) is 0 Å². The first-order valence-electron chi connectivity index (χ1n) is 5.48. The van der Waals surface area contributed by atoms with E-state index in [1.165, 1.54) is 6.07 Å². The average Bonchev–Trinajstić information content (AvgIpc) is 2.37. The minimum Gasteiger partial charge on any atom is -0.392 e. The number of amides is 1. The summed E-state index contributed by atoms with van der Waals surface area (Å²) in [6.45, 7) is 0.922. The summed E-state index contributed by atoms with van der Waals surface area (Å²) >= 11 is 5.76. The molecular formula is C11H14ClN3O4. The van der Waals surface area contributed by atoms with Gasteiger partial charge in [-0.1, -0.05) is 11.6 Å². The van der Waals surface area contributed by atoms with E-state index >= 15 is 0 Å². The number of hydrogen-bond acceptors (Lipinski definition) is 5. The molecule has 0 saturated carbocycles. The molecule has 0 aliphatic rings. The molecule has 8 heteroatoms. The van der Waals surface area contributed by atoms with Crippen molar-refractivity contribution in [1.82, 2.24) is 5.32 Å². The molecular weight excluding hydrogens is 274 g/mol. The van der Waals surface area contributed by atoms with Crippen molar-refractivity contribution in [3.05, 3.63) is 32.8 Å². The maximum Gasteiger partial charge on any atom is 0.294 e. The lowest BCUT2D eigenvalue weighted by atomic mass is 10.1. The van der Waals surface area contributed by atoms with Crippen LogP contribution in [0.2, 0.25) is 5.02 Å². The van der Waals surface area contributed by atoms with Crippen molar-refractivity contribution in [2.75, 3.05) is 26.0 Å². The molecule has 0 unspecified atom stereocenters. The highest BCUT2D eigenvalue weighted by atomic mass is 35.5. The van der Waals surface area contributed by atoms with Crippen molar-refractivity contribution in [3.8, 4) is 0 Å². The predicted molar refractivity (Wildman–Crippen MR) is 71.3 cm³/mol. The number of nitro groups is 1. The fourth-order valence-electron chi connectivity index (χ4n) is 1.41. The summed E-state index contributed by atoms with van der Waals surface area (Å²) in [4.78, 5) is 21.9. The standard InChI is InChI=1S/C11H14ClN3O4/c1-19-4-2-3-14-11(16)7-5-8(12)10(13)9(6-7)15(17)18/h5-6H,2-4,13H2,1H3,(H,14,16). The van der Waals surface area contributed by atoms with E-state index in [1.807, 2.05) is 0 Å². The van der Waals surface area contributed by atoms with Crippen LogP contribution in [0.15, 0.2) is 12.1 Å².